The van der Waals surface area contributed by atoms with E-state index in [1.807, 2.05) is 19.9 Å². The van der Waals surface area contributed by atoms with Gasteiger partial charge in [-0.2, -0.15) is 13.2 Å². The summed E-state index contributed by atoms with van der Waals surface area (Å²) in [4.78, 5) is 23.8. The van der Waals surface area contributed by atoms with Crippen molar-refractivity contribution in [1.29, 1.82) is 0 Å². The number of ether oxygens (including phenoxy) is 3. The Hall–Kier alpha value is -3.66. The van der Waals surface area contributed by atoms with Crippen molar-refractivity contribution in [3.05, 3.63) is 83.4 Å². The molecule has 0 saturated carbocycles. The minimum absolute atomic E-state index is 0.0490. The number of halogens is 3. The van der Waals surface area contributed by atoms with E-state index >= 15 is 0 Å². The van der Waals surface area contributed by atoms with Crippen LogP contribution in [0.5, 0.6) is 17.2 Å². The largest absolute Gasteiger partial charge is 0.490 e. The Morgan fingerprint density at radius 3 is 2.21 bits per heavy atom. The summed E-state index contributed by atoms with van der Waals surface area (Å²) in [5.41, 5.74) is 0.603. The highest BCUT2D eigenvalue weighted by Crippen LogP contribution is 2.31. The van der Waals surface area contributed by atoms with Gasteiger partial charge in [0.15, 0.2) is 12.4 Å². The van der Waals surface area contributed by atoms with Crippen molar-refractivity contribution in [3.63, 3.8) is 0 Å². The normalized spacial score (nSPS) is 12.0. The third-order valence-electron chi connectivity index (χ3n) is 5.51. The number of aliphatic carboxylic acids is 1. The Morgan fingerprint density at radius 2 is 1.62 bits per heavy atom. The van der Waals surface area contributed by atoms with E-state index in [1.54, 1.807) is 36.4 Å². The molecule has 0 bridgehead atoms. The first-order valence-electron chi connectivity index (χ1n) is 12.2. The van der Waals surface area contributed by atoms with Gasteiger partial charge in [-0.05, 0) is 85.6 Å². The van der Waals surface area contributed by atoms with E-state index < -0.39 is 30.4 Å². The van der Waals surface area contributed by atoms with Crippen LogP contribution in [0.2, 0.25) is 0 Å². The van der Waals surface area contributed by atoms with Crippen molar-refractivity contribution < 1.29 is 42.1 Å². The van der Waals surface area contributed by atoms with Crippen LogP contribution in [-0.4, -0.2) is 41.9 Å². The van der Waals surface area contributed by atoms with E-state index in [9.17, 15) is 22.8 Å². The molecule has 0 spiro atoms. The second kappa shape index (κ2) is 13.9. The molecule has 3 rings (SSSR count). The molecule has 0 aliphatic rings. The van der Waals surface area contributed by atoms with E-state index in [4.69, 9.17) is 19.3 Å². The first-order valence-corrected chi connectivity index (χ1v) is 13.2. The van der Waals surface area contributed by atoms with E-state index in [-0.39, 0.29) is 18.1 Å². The third-order valence-corrected chi connectivity index (χ3v) is 6.63. The average Bonchev–Trinajstić information content (AvgIpc) is 2.90. The van der Waals surface area contributed by atoms with Crippen LogP contribution in [0.3, 0.4) is 0 Å². The first kappa shape index (κ1) is 29.9. The molecule has 208 valence electrons. The van der Waals surface area contributed by atoms with Crippen molar-refractivity contribution in [2.24, 2.45) is 0 Å². The van der Waals surface area contributed by atoms with Crippen LogP contribution in [0, 0.1) is 6.92 Å². The van der Waals surface area contributed by atoms with Gasteiger partial charge in [0.05, 0.1) is 5.56 Å². The number of carboxylic acid groups (broad SMARTS) is 1. The molecule has 0 aliphatic carbocycles. The Morgan fingerprint density at radius 1 is 0.949 bits per heavy atom. The molecule has 0 saturated heterocycles. The second-order valence-corrected chi connectivity index (χ2v) is 9.78. The lowest BCUT2D eigenvalue weighted by Gasteiger charge is -2.20. The highest BCUT2D eigenvalue weighted by atomic mass is 32.2. The van der Waals surface area contributed by atoms with Gasteiger partial charge in [0, 0.05) is 22.6 Å². The molecule has 1 unspecified atom stereocenters. The van der Waals surface area contributed by atoms with Crippen molar-refractivity contribution in [2.45, 2.75) is 43.9 Å². The smallest absolute Gasteiger partial charge is 0.416 e. The Kier molecular flexibility index (Phi) is 10.7. The first-order chi connectivity index (χ1) is 18.5. The topological polar surface area (TPSA) is 82.1 Å². The van der Waals surface area contributed by atoms with Crippen LogP contribution in [0.4, 0.5) is 13.2 Å². The summed E-state index contributed by atoms with van der Waals surface area (Å²) >= 11 is 1.47. The van der Waals surface area contributed by atoms with Crippen molar-refractivity contribution in [1.82, 2.24) is 0 Å². The van der Waals surface area contributed by atoms with Crippen LogP contribution >= 0.6 is 11.8 Å². The van der Waals surface area contributed by atoms with E-state index in [2.05, 4.69) is 0 Å². The average molecular weight is 563 g/mol. The zero-order valence-electron chi connectivity index (χ0n) is 21.5. The number of ketones is 1. The van der Waals surface area contributed by atoms with Crippen molar-refractivity contribution in [2.75, 3.05) is 19.0 Å². The maximum absolute atomic E-state index is 12.9. The second-order valence-electron chi connectivity index (χ2n) is 8.69. The number of hydrogen-bond acceptors (Lipinski definition) is 6. The van der Waals surface area contributed by atoms with Gasteiger partial charge in [0.2, 0.25) is 0 Å². The van der Waals surface area contributed by atoms with E-state index in [0.717, 1.165) is 29.0 Å². The van der Waals surface area contributed by atoms with Gasteiger partial charge in [-0.1, -0.05) is 6.92 Å². The summed E-state index contributed by atoms with van der Waals surface area (Å²) in [5, 5.41) is 8.81. The fourth-order valence-electron chi connectivity index (χ4n) is 3.53. The number of aryl methyl sites for hydroxylation is 1. The molecule has 6 nitrogen and oxygen atoms in total. The van der Waals surface area contributed by atoms with Gasteiger partial charge >= 0.3 is 12.1 Å². The van der Waals surface area contributed by atoms with Gasteiger partial charge in [-0.15, -0.1) is 11.8 Å². The van der Waals surface area contributed by atoms with Gasteiger partial charge in [-0.3, -0.25) is 4.79 Å². The number of hydrogen-bond donors (Lipinski definition) is 1. The lowest BCUT2D eigenvalue weighted by Crippen LogP contribution is -2.27. The SMILES string of the molecule is CCCC(=O)c1ccc(OC(COc2ccc(C(F)(F)F)cc2)CSc2ccc(OCC(=O)O)c(C)c2)cc1. The maximum atomic E-state index is 12.9. The predicted molar refractivity (Wildman–Crippen MR) is 142 cm³/mol. The van der Waals surface area contributed by atoms with Gasteiger partial charge in [0.1, 0.15) is 30.0 Å². The zero-order valence-corrected chi connectivity index (χ0v) is 22.3. The van der Waals surface area contributed by atoms with Gasteiger partial charge < -0.3 is 19.3 Å². The molecule has 0 heterocycles. The molecular formula is C29H29F3O6S. The lowest BCUT2D eigenvalue weighted by atomic mass is 10.1. The van der Waals surface area contributed by atoms with Crippen LogP contribution in [0.25, 0.3) is 0 Å². The fourth-order valence-corrected chi connectivity index (χ4v) is 4.50. The van der Waals surface area contributed by atoms with Crippen LogP contribution in [0.1, 0.15) is 41.3 Å². The molecule has 0 aliphatic heterocycles. The number of carbonyl (C=O) groups excluding carboxylic acids is 1. The minimum atomic E-state index is -4.43. The minimum Gasteiger partial charge on any atom is -0.490 e. The summed E-state index contributed by atoms with van der Waals surface area (Å²) < 4.78 is 55.8. The van der Waals surface area contributed by atoms with Crippen LogP contribution in [-0.2, 0) is 11.0 Å². The summed E-state index contributed by atoms with van der Waals surface area (Å²) in [7, 11) is 0. The summed E-state index contributed by atoms with van der Waals surface area (Å²) in [6, 6.07) is 16.6. The molecule has 10 heteroatoms. The Bertz CT molecular complexity index is 1240. The van der Waals surface area contributed by atoms with Crippen molar-refractivity contribution in [3.8, 4) is 17.2 Å². The summed E-state index contributed by atoms with van der Waals surface area (Å²) in [6.45, 7) is 3.37. The van der Waals surface area contributed by atoms with Crippen LogP contribution in [0.15, 0.2) is 71.6 Å². The number of carbonyl (C=O) groups is 2. The number of thioether (sulfide) groups is 1. The fraction of sp³-hybridized carbons (Fsp3) is 0.310. The molecule has 0 fully saturated rings. The molecule has 3 aromatic rings. The zero-order chi connectivity index (χ0) is 28.4. The Labute approximate surface area is 229 Å². The lowest BCUT2D eigenvalue weighted by molar-refractivity contribution is -0.139. The maximum Gasteiger partial charge on any atom is 0.416 e. The molecule has 39 heavy (non-hydrogen) atoms. The Balaban J connectivity index is 1.69. The van der Waals surface area contributed by atoms with Crippen LogP contribution < -0.4 is 14.2 Å². The quantitative estimate of drug-likeness (QED) is 0.166. The van der Waals surface area contributed by atoms with Crippen molar-refractivity contribution >= 4 is 23.5 Å². The monoisotopic (exact) mass is 562 g/mol. The van der Waals surface area contributed by atoms with E-state index in [0.29, 0.717) is 29.2 Å². The third kappa shape index (κ3) is 9.55. The van der Waals surface area contributed by atoms with Gasteiger partial charge in [-0.25, -0.2) is 4.79 Å². The standard InChI is InChI=1S/C29H29F3O6S/c1-3-4-26(33)20-5-9-23(10-6-20)38-24(16-36-22-11-7-21(8-12-22)29(30,31)32)18-39-25-13-14-27(19(2)15-25)37-17-28(34)35/h5-15,24H,3-4,16-18H2,1-2H3,(H,34,35). The molecule has 0 aromatic heterocycles. The predicted octanol–water partition coefficient (Wildman–Crippen LogP) is 7.08. The molecule has 0 amide bonds. The van der Waals surface area contributed by atoms with Gasteiger partial charge in [0.25, 0.3) is 0 Å². The number of carboxylic acids is 1. The molecule has 3 aromatic carbocycles. The number of Topliss-reactive ketones (excluding diaryl/α,β-unsaturated/α-hetero) is 1. The highest BCUT2D eigenvalue weighted by molar-refractivity contribution is 7.99. The number of alkyl halides is 3. The molecule has 1 atom stereocenters. The molecule has 1 N–H and O–H groups in total. The molecular weight excluding hydrogens is 533 g/mol. The number of benzene rings is 3. The number of rotatable bonds is 14. The summed E-state index contributed by atoms with van der Waals surface area (Å²) in [6.07, 6.45) is -3.71. The van der Waals surface area contributed by atoms with E-state index in [1.165, 1.54) is 23.9 Å². The summed E-state index contributed by atoms with van der Waals surface area (Å²) in [5.74, 6) is 0.692. The highest BCUT2D eigenvalue weighted by Gasteiger charge is 2.30. The molecule has 0 radical (unpaired) electrons.